The Labute approximate surface area is 169 Å². The summed E-state index contributed by atoms with van der Waals surface area (Å²) in [6, 6.07) is 9.54. The molecule has 0 bridgehead atoms. The summed E-state index contributed by atoms with van der Waals surface area (Å²) in [6.07, 6.45) is 3.89. The minimum absolute atomic E-state index is 0.169. The van der Waals surface area contributed by atoms with Crippen molar-refractivity contribution in [2.75, 3.05) is 13.7 Å². The Morgan fingerprint density at radius 3 is 2.86 bits per heavy atom. The van der Waals surface area contributed by atoms with Gasteiger partial charge < -0.3 is 9.47 Å². The first-order chi connectivity index (χ1) is 13.7. The molecule has 1 aromatic carbocycles. The van der Waals surface area contributed by atoms with Gasteiger partial charge in [0.05, 0.1) is 23.1 Å². The maximum Gasteiger partial charge on any atom is 0.291 e. The number of aromatic nitrogens is 3. The molecule has 6 nitrogen and oxygen atoms in total. The molecule has 0 saturated carbocycles. The van der Waals surface area contributed by atoms with Crippen molar-refractivity contribution in [3.05, 3.63) is 56.2 Å². The summed E-state index contributed by atoms with van der Waals surface area (Å²) in [4.78, 5) is 18.7. The van der Waals surface area contributed by atoms with Crippen molar-refractivity contribution in [2.45, 2.75) is 19.8 Å². The standard InChI is InChI=1S/C20H19N3O3S2/c1-3-4-9-26-14-8-7-13(11-15(14)25-2)12-17-19(24)23-20(28-17)21-18(22-23)16-6-5-10-27-16/h5-8,10-12H,3-4,9H2,1-2H3. The zero-order chi connectivity index (χ0) is 19.5. The fourth-order valence-corrected chi connectivity index (χ4v) is 4.28. The van der Waals surface area contributed by atoms with E-state index in [0.29, 0.717) is 33.4 Å². The van der Waals surface area contributed by atoms with Crippen molar-refractivity contribution in [2.24, 2.45) is 0 Å². The first-order valence-electron chi connectivity index (χ1n) is 8.95. The molecule has 0 radical (unpaired) electrons. The molecule has 0 aliphatic rings. The summed E-state index contributed by atoms with van der Waals surface area (Å²) in [7, 11) is 1.61. The SMILES string of the molecule is CCCCOc1ccc(C=c2sc3nc(-c4cccs4)nn3c2=O)cc1OC. The van der Waals surface area contributed by atoms with E-state index < -0.39 is 0 Å². The zero-order valence-electron chi connectivity index (χ0n) is 15.5. The summed E-state index contributed by atoms with van der Waals surface area (Å²) in [5.41, 5.74) is 0.692. The highest BCUT2D eigenvalue weighted by Crippen LogP contribution is 2.28. The highest BCUT2D eigenvalue weighted by molar-refractivity contribution is 7.15. The first kappa shape index (κ1) is 18.6. The maximum atomic E-state index is 12.7. The van der Waals surface area contributed by atoms with Gasteiger partial charge >= 0.3 is 0 Å². The molecule has 0 atom stereocenters. The smallest absolute Gasteiger partial charge is 0.291 e. The number of thiophene rings is 1. The Morgan fingerprint density at radius 1 is 1.25 bits per heavy atom. The molecule has 28 heavy (non-hydrogen) atoms. The van der Waals surface area contributed by atoms with Crippen LogP contribution in [-0.2, 0) is 0 Å². The second kappa shape index (κ2) is 8.12. The van der Waals surface area contributed by atoms with Gasteiger partial charge in [-0.25, -0.2) is 0 Å². The number of hydrogen-bond donors (Lipinski definition) is 0. The van der Waals surface area contributed by atoms with E-state index in [4.69, 9.17) is 9.47 Å². The second-order valence-electron chi connectivity index (χ2n) is 6.14. The number of hydrogen-bond acceptors (Lipinski definition) is 7. The lowest BCUT2D eigenvalue weighted by Crippen LogP contribution is -2.23. The molecule has 0 N–H and O–H groups in total. The second-order valence-corrected chi connectivity index (χ2v) is 8.09. The predicted molar refractivity (Wildman–Crippen MR) is 113 cm³/mol. The summed E-state index contributed by atoms with van der Waals surface area (Å²) in [5.74, 6) is 1.94. The number of nitrogens with zero attached hydrogens (tertiary/aromatic N) is 3. The fraction of sp³-hybridized carbons (Fsp3) is 0.250. The van der Waals surface area contributed by atoms with Crippen LogP contribution in [0.3, 0.4) is 0 Å². The van der Waals surface area contributed by atoms with Gasteiger partial charge in [-0.2, -0.15) is 9.50 Å². The highest BCUT2D eigenvalue weighted by Gasteiger charge is 2.13. The lowest BCUT2D eigenvalue weighted by atomic mass is 10.2. The van der Waals surface area contributed by atoms with Crippen molar-refractivity contribution in [3.8, 4) is 22.2 Å². The van der Waals surface area contributed by atoms with Crippen LogP contribution in [0.4, 0.5) is 0 Å². The fourth-order valence-electron chi connectivity index (χ4n) is 2.71. The van der Waals surface area contributed by atoms with Gasteiger partial charge in [0, 0.05) is 0 Å². The Bertz CT molecular complexity index is 1200. The molecule has 3 aromatic heterocycles. The van der Waals surface area contributed by atoms with E-state index in [1.165, 1.54) is 15.9 Å². The van der Waals surface area contributed by atoms with Crippen LogP contribution >= 0.6 is 22.7 Å². The molecule has 4 rings (SSSR count). The third kappa shape index (κ3) is 3.65. The van der Waals surface area contributed by atoms with Gasteiger partial charge in [-0.05, 0) is 41.6 Å². The van der Waals surface area contributed by atoms with Gasteiger partial charge in [0.1, 0.15) is 0 Å². The maximum absolute atomic E-state index is 12.7. The highest BCUT2D eigenvalue weighted by atomic mass is 32.1. The molecule has 3 heterocycles. The number of methoxy groups -OCH3 is 1. The van der Waals surface area contributed by atoms with E-state index >= 15 is 0 Å². The molecule has 0 saturated heterocycles. The van der Waals surface area contributed by atoms with Crippen molar-refractivity contribution >= 4 is 33.7 Å². The largest absolute Gasteiger partial charge is 0.493 e. The molecule has 0 amide bonds. The molecule has 144 valence electrons. The lowest BCUT2D eigenvalue weighted by molar-refractivity contribution is 0.288. The van der Waals surface area contributed by atoms with Gasteiger partial charge in [0.25, 0.3) is 5.56 Å². The van der Waals surface area contributed by atoms with E-state index in [0.717, 1.165) is 23.3 Å². The predicted octanol–water partition coefficient (Wildman–Crippen LogP) is 3.61. The molecule has 8 heteroatoms. The molecule has 4 aromatic rings. The number of ether oxygens (including phenoxy) is 2. The molecule has 0 spiro atoms. The Balaban J connectivity index is 1.66. The van der Waals surface area contributed by atoms with Gasteiger partial charge in [0.2, 0.25) is 4.96 Å². The lowest BCUT2D eigenvalue weighted by Gasteiger charge is -2.10. The van der Waals surface area contributed by atoms with Crippen LogP contribution in [0.5, 0.6) is 11.5 Å². The van der Waals surface area contributed by atoms with Crippen LogP contribution in [0.2, 0.25) is 0 Å². The van der Waals surface area contributed by atoms with E-state index in [9.17, 15) is 4.79 Å². The quantitative estimate of drug-likeness (QED) is 0.433. The molecule has 0 aliphatic carbocycles. The molecular formula is C20H19N3O3S2. The first-order valence-corrected chi connectivity index (χ1v) is 10.6. The van der Waals surface area contributed by atoms with Gasteiger partial charge in [-0.1, -0.05) is 36.8 Å². The van der Waals surface area contributed by atoms with E-state index in [-0.39, 0.29) is 5.56 Å². The molecule has 0 unspecified atom stereocenters. The van der Waals surface area contributed by atoms with Gasteiger partial charge in [-0.3, -0.25) is 4.79 Å². The number of benzene rings is 1. The van der Waals surface area contributed by atoms with Crippen LogP contribution in [-0.4, -0.2) is 28.3 Å². The van der Waals surface area contributed by atoms with Gasteiger partial charge in [-0.15, -0.1) is 16.4 Å². The zero-order valence-corrected chi connectivity index (χ0v) is 17.2. The molecule has 0 fully saturated rings. The molecular weight excluding hydrogens is 394 g/mol. The summed E-state index contributed by atoms with van der Waals surface area (Å²) in [6.45, 7) is 2.77. The number of thiazole rings is 1. The normalized spacial score (nSPS) is 12.0. The van der Waals surface area contributed by atoms with Crippen LogP contribution in [0.15, 0.2) is 40.5 Å². The Kier molecular flexibility index (Phi) is 5.40. The molecule has 0 aliphatic heterocycles. The minimum atomic E-state index is -0.169. The summed E-state index contributed by atoms with van der Waals surface area (Å²) in [5, 5.41) is 6.32. The minimum Gasteiger partial charge on any atom is -0.493 e. The number of unbranched alkanes of at least 4 members (excludes halogenated alkanes) is 1. The van der Waals surface area contributed by atoms with Crippen LogP contribution in [0.1, 0.15) is 25.3 Å². The topological polar surface area (TPSA) is 65.7 Å². The summed E-state index contributed by atoms with van der Waals surface area (Å²) < 4.78 is 13.1. The average Bonchev–Trinajstić information content (AvgIpc) is 3.42. The van der Waals surface area contributed by atoms with E-state index in [1.807, 2.05) is 41.8 Å². The van der Waals surface area contributed by atoms with E-state index in [2.05, 4.69) is 17.0 Å². The number of fused-ring (bicyclic) bond motifs is 1. The van der Waals surface area contributed by atoms with Gasteiger partial charge in [0.15, 0.2) is 17.3 Å². The van der Waals surface area contributed by atoms with Crippen molar-refractivity contribution in [3.63, 3.8) is 0 Å². The monoisotopic (exact) mass is 413 g/mol. The third-order valence-electron chi connectivity index (χ3n) is 4.16. The summed E-state index contributed by atoms with van der Waals surface area (Å²) >= 11 is 2.88. The average molecular weight is 414 g/mol. The van der Waals surface area contributed by atoms with Crippen LogP contribution < -0.4 is 19.6 Å². The Morgan fingerprint density at radius 2 is 2.14 bits per heavy atom. The van der Waals surface area contributed by atoms with E-state index in [1.54, 1.807) is 18.4 Å². The van der Waals surface area contributed by atoms with Crippen molar-refractivity contribution < 1.29 is 9.47 Å². The number of rotatable bonds is 7. The third-order valence-corrected chi connectivity index (χ3v) is 5.99. The van der Waals surface area contributed by atoms with Crippen LogP contribution in [0, 0.1) is 0 Å². The van der Waals surface area contributed by atoms with Crippen LogP contribution in [0.25, 0.3) is 21.7 Å². The van der Waals surface area contributed by atoms with Crippen molar-refractivity contribution in [1.82, 2.24) is 14.6 Å². The Hall–Kier alpha value is -2.71. The van der Waals surface area contributed by atoms with Crippen molar-refractivity contribution in [1.29, 1.82) is 0 Å².